The van der Waals surface area contributed by atoms with Crippen molar-refractivity contribution in [1.29, 1.82) is 0 Å². The van der Waals surface area contributed by atoms with Gasteiger partial charge in [-0.15, -0.1) is 11.8 Å². The van der Waals surface area contributed by atoms with Gasteiger partial charge in [-0.25, -0.2) is 9.78 Å². The van der Waals surface area contributed by atoms with Gasteiger partial charge in [0.15, 0.2) is 6.10 Å². The summed E-state index contributed by atoms with van der Waals surface area (Å²) >= 11 is 1.41. The van der Waals surface area contributed by atoms with Crippen molar-refractivity contribution in [2.75, 3.05) is 0 Å². The molecule has 8 heteroatoms. The molecule has 0 aliphatic rings. The summed E-state index contributed by atoms with van der Waals surface area (Å²) in [6.45, 7) is 13.1. The highest BCUT2D eigenvalue weighted by molar-refractivity contribution is 7.98. The second-order valence-corrected chi connectivity index (χ2v) is 8.39. The average molecular weight is 420 g/mol. The smallest absolute Gasteiger partial charge is 0.341 e. The van der Waals surface area contributed by atoms with Crippen LogP contribution < -0.4 is 0 Å². The molecule has 2 heterocycles. The van der Waals surface area contributed by atoms with E-state index in [1.807, 2.05) is 41.5 Å². The van der Waals surface area contributed by atoms with Gasteiger partial charge in [0.2, 0.25) is 0 Å². The number of carbonyl (C=O) groups excluding carboxylic acids is 2. The van der Waals surface area contributed by atoms with Crippen molar-refractivity contribution in [3.05, 3.63) is 40.9 Å². The van der Waals surface area contributed by atoms with E-state index in [0.717, 1.165) is 17.0 Å². The second kappa shape index (κ2) is 9.91. The minimum Gasteiger partial charge on any atom is -0.449 e. The Kier molecular flexibility index (Phi) is 7.84. The van der Waals surface area contributed by atoms with Gasteiger partial charge in [-0.1, -0.05) is 5.16 Å². The average Bonchev–Trinajstić information content (AvgIpc) is 2.97. The Hall–Kier alpha value is -2.35. The molecule has 0 fully saturated rings. The van der Waals surface area contributed by atoms with Crippen LogP contribution in [0.4, 0.5) is 0 Å². The van der Waals surface area contributed by atoms with Crippen molar-refractivity contribution < 1.29 is 18.8 Å². The molecule has 2 aromatic heterocycles. The van der Waals surface area contributed by atoms with Crippen molar-refractivity contribution >= 4 is 23.6 Å². The fourth-order valence-corrected chi connectivity index (χ4v) is 4.23. The maximum atomic E-state index is 12.8. The minimum atomic E-state index is -0.882. The molecule has 2 rings (SSSR count). The Morgan fingerprint density at radius 2 is 1.83 bits per heavy atom. The van der Waals surface area contributed by atoms with E-state index in [9.17, 15) is 9.59 Å². The highest BCUT2D eigenvalue weighted by Gasteiger charge is 2.28. The van der Waals surface area contributed by atoms with Crippen molar-refractivity contribution in [2.24, 2.45) is 0 Å². The maximum Gasteiger partial charge on any atom is 0.341 e. The molecule has 1 atom stereocenters. The molecule has 0 aromatic carbocycles. The lowest BCUT2D eigenvalue weighted by atomic mass is 10.2. The SMILES string of the molecule is Cc1noc(C)c1CSc1ncccc1C(=O)O[C@H](C)C(=O)N(C(C)C)C(C)C. The molecule has 0 aliphatic carbocycles. The predicted molar refractivity (Wildman–Crippen MR) is 112 cm³/mol. The predicted octanol–water partition coefficient (Wildman–Crippen LogP) is 4.17. The Labute approximate surface area is 176 Å². The van der Waals surface area contributed by atoms with Crippen LogP contribution in [-0.2, 0) is 15.3 Å². The Morgan fingerprint density at radius 3 is 2.38 bits per heavy atom. The fourth-order valence-electron chi connectivity index (χ4n) is 3.10. The van der Waals surface area contributed by atoms with Crippen molar-refractivity contribution in [1.82, 2.24) is 15.0 Å². The first-order valence-electron chi connectivity index (χ1n) is 9.66. The zero-order chi connectivity index (χ0) is 21.7. The number of hydrogen-bond donors (Lipinski definition) is 0. The molecule has 7 nitrogen and oxygen atoms in total. The Balaban J connectivity index is 2.12. The van der Waals surface area contributed by atoms with E-state index in [1.165, 1.54) is 11.8 Å². The van der Waals surface area contributed by atoms with Gasteiger partial charge < -0.3 is 14.2 Å². The number of aromatic nitrogens is 2. The molecule has 0 radical (unpaired) electrons. The zero-order valence-corrected chi connectivity index (χ0v) is 18.9. The molecule has 0 N–H and O–H groups in total. The van der Waals surface area contributed by atoms with Crippen LogP contribution in [0.3, 0.4) is 0 Å². The topological polar surface area (TPSA) is 85.5 Å². The molecule has 0 spiro atoms. The number of nitrogens with zero attached hydrogens (tertiary/aromatic N) is 3. The van der Waals surface area contributed by atoms with Gasteiger partial charge in [0.1, 0.15) is 10.8 Å². The molecular weight excluding hydrogens is 390 g/mol. The molecule has 2 aromatic rings. The highest BCUT2D eigenvalue weighted by Crippen LogP contribution is 2.27. The lowest BCUT2D eigenvalue weighted by molar-refractivity contribution is -0.143. The molecule has 0 bridgehead atoms. The molecule has 29 heavy (non-hydrogen) atoms. The summed E-state index contributed by atoms with van der Waals surface area (Å²) in [5.41, 5.74) is 2.13. The van der Waals surface area contributed by atoms with E-state index in [0.29, 0.717) is 16.3 Å². The van der Waals surface area contributed by atoms with Crippen LogP contribution in [0.1, 0.15) is 62.0 Å². The van der Waals surface area contributed by atoms with Crippen LogP contribution in [0.25, 0.3) is 0 Å². The maximum absolute atomic E-state index is 12.8. The van der Waals surface area contributed by atoms with E-state index in [-0.39, 0.29) is 18.0 Å². The minimum absolute atomic E-state index is 0.0169. The summed E-state index contributed by atoms with van der Waals surface area (Å²) in [6.07, 6.45) is 0.744. The molecule has 0 saturated heterocycles. The standard InChI is InChI=1S/C21H29N3O4S/c1-12(2)24(13(3)4)20(25)16(7)27-21(26)17-9-8-10-22-19(17)29-11-18-14(5)23-28-15(18)6/h8-10,12-13,16H,11H2,1-7H3/t16-/m1/s1. The first kappa shape index (κ1) is 22.9. The number of hydrogen-bond acceptors (Lipinski definition) is 7. The van der Waals surface area contributed by atoms with E-state index < -0.39 is 12.1 Å². The number of pyridine rings is 1. The summed E-state index contributed by atoms with van der Waals surface area (Å²) in [5, 5.41) is 4.49. The Morgan fingerprint density at radius 1 is 1.17 bits per heavy atom. The van der Waals surface area contributed by atoms with Crippen LogP contribution in [0.2, 0.25) is 0 Å². The molecule has 0 unspecified atom stereocenters. The van der Waals surface area contributed by atoms with Gasteiger partial charge in [-0.2, -0.15) is 0 Å². The number of amides is 1. The number of aryl methyl sites for hydroxylation is 2. The fraction of sp³-hybridized carbons (Fsp3) is 0.524. The van der Waals surface area contributed by atoms with E-state index in [2.05, 4.69) is 10.1 Å². The summed E-state index contributed by atoms with van der Waals surface area (Å²) in [4.78, 5) is 31.5. The largest absolute Gasteiger partial charge is 0.449 e. The first-order chi connectivity index (χ1) is 13.6. The highest BCUT2D eigenvalue weighted by atomic mass is 32.2. The van der Waals surface area contributed by atoms with Crippen molar-refractivity contribution in [3.8, 4) is 0 Å². The second-order valence-electron chi connectivity index (χ2n) is 7.43. The molecular formula is C21H29N3O4S. The van der Waals surface area contributed by atoms with Gasteiger partial charge in [0, 0.05) is 29.6 Å². The summed E-state index contributed by atoms with van der Waals surface area (Å²) in [5.74, 6) is 0.545. The third kappa shape index (κ3) is 5.59. The number of rotatable bonds is 8. The number of thioether (sulfide) groups is 1. The number of ether oxygens (including phenoxy) is 1. The van der Waals surface area contributed by atoms with Gasteiger partial charge in [-0.3, -0.25) is 4.79 Å². The zero-order valence-electron chi connectivity index (χ0n) is 18.1. The van der Waals surface area contributed by atoms with Crippen LogP contribution in [0, 0.1) is 13.8 Å². The lowest BCUT2D eigenvalue weighted by Crippen LogP contribution is -2.47. The van der Waals surface area contributed by atoms with Gasteiger partial charge in [0.05, 0.1) is 11.3 Å². The third-order valence-electron chi connectivity index (χ3n) is 4.52. The van der Waals surface area contributed by atoms with Crippen LogP contribution in [-0.4, -0.2) is 45.1 Å². The molecule has 0 aliphatic heterocycles. The van der Waals surface area contributed by atoms with Gasteiger partial charge >= 0.3 is 5.97 Å². The van der Waals surface area contributed by atoms with Gasteiger partial charge in [-0.05, 0) is 60.6 Å². The Bertz CT molecular complexity index is 836. The first-order valence-corrected chi connectivity index (χ1v) is 10.6. The van der Waals surface area contributed by atoms with Crippen LogP contribution in [0.5, 0.6) is 0 Å². The van der Waals surface area contributed by atoms with Crippen molar-refractivity contribution in [3.63, 3.8) is 0 Å². The van der Waals surface area contributed by atoms with E-state index in [4.69, 9.17) is 9.26 Å². The molecule has 0 saturated carbocycles. The molecule has 1 amide bonds. The summed E-state index contributed by atoms with van der Waals surface area (Å²) < 4.78 is 10.7. The summed E-state index contributed by atoms with van der Waals surface area (Å²) in [7, 11) is 0. The van der Waals surface area contributed by atoms with Crippen LogP contribution >= 0.6 is 11.8 Å². The van der Waals surface area contributed by atoms with Gasteiger partial charge in [0.25, 0.3) is 5.91 Å². The molecule has 158 valence electrons. The third-order valence-corrected chi connectivity index (χ3v) is 5.56. The normalized spacial score (nSPS) is 12.3. The number of carbonyl (C=O) groups is 2. The lowest BCUT2D eigenvalue weighted by Gasteiger charge is -2.32. The quantitative estimate of drug-likeness (QED) is 0.469. The van der Waals surface area contributed by atoms with E-state index in [1.54, 1.807) is 30.2 Å². The van der Waals surface area contributed by atoms with Crippen molar-refractivity contribution in [2.45, 2.75) is 77.4 Å². The van der Waals surface area contributed by atoms with E-state index >= 15 is 0 Å². The summed E-state index contributed by atoms with van der Waals surface area (Å²) in [6, 6.07) is 3.37. The van der Waals surface area contributed by atoms with Crippen LogP contribution in [0.15, 0.2) is 27.9 Å². The number of esters is 1. The monoisotopic (exact) mass is 419 g/mol.